The molecular formula is C26H24ClN3O3. The predicted octanol–water partition coefficient (Wildman–Crippen LogP) is 5.78. The van der Waals surface area contributed by atoms with Gasteiger partial charge in [-0.2, -0.15) is 5.26 Å². The van der Waals surface area contributed by atoms with Crippen molar-refractivity contribution in [2.45, 2.75) is 27.7 Å². The van der Waals surface area contributed by atoms with E-state index in [9.17, 15) is 14.9 Å². The molecule has 0 saturated heterocycles. The quantitative estimate of drug-likeness (QED) is 0.286. The molecule has 0 aliphatic rings. The minimum atomic E-state index is -0.517. The SMILES string of the molecule is CCOC(=O)c1cccc(-n2c(C)cc(/C=C(/C#N)C(=O)Nc3cccc(Cl)c3C)c2C)c1. The zero-order valence-corrected chi connectivity index (χ0v) is 19.7. The molecule has 7 heteroatoms. The number of nitrogens with zero attached hydrogens (tertiary/aromatic N) is 2. The Bertz CT molecular complexity index is 1300. The predicted molar refractivity (Wildman–Crippen MR) is 130 cm³/mol. The Balaban J connectivity index is 1.95. The van der Waals surface area contributed by atoms with Crippen molar-refractivity contribution in [3.05, 3.63) is 87.2 Å². The van der Waals surface area contributed by atoms with Gasteiger partial charge in [0.25, 0.3) is 5.91 Å². The van der Waals surface area contributed by atoms with Gasteiger partial charge < -0.3 is 14.6 Å². The second-order valence-electron chi connectivity index (χ2n) is 7.47. The van der Waals surface area contributed by atoms with E-state index in [-0.39, 0.29) is 11.5 Å². The lowest BCUT2D eigenvalue weighted by molar-refractivity contribution is -0.112. The van der Waals surface area contributed by atoms with Gasteiger partial charge in [-0.15, -0.1) is 0 Å². The number of ether oxygens (including phenoxy) is 1. The third kappa shape index (κ3) is 5.16. The Morgan fingerprint density at radius 3 is 2.58 bits per heavy atom. The van der Waals surface area contributed by atoms with Crippen molar-refractivity contribution in [1.29, 1.82) is 5.26 Å². The number of aromatic nitrogens is 1. The number of rotatable bonds is 6. The zero-order chi connectivity index (χ0) is 24.1. The number of hydrogen-bond acceptors (Lipinski definition) is 4. The van der Waals surface area contributed by atoms with E-state index in [0.717, 1.165) is 28.2 Å². The Kier molecular flexibility index (Phi) is 7.37. The van der Waals surface area contributed by atoms with Crippen molar-refractivity contribution in [3.63, 3.8) is 0 Å². The first-order chi connectivity index (χ1) is 15.8. The number of nitriles is 1. The summed E-state index contributed by atoms with van der Waals surface area (Å²) in [5.41, 5.74) is 4.93. The topological polar surface area (TPSA) is 84.1 Å². The highest BCUT2D eigenvalue weighted by atomic mass is 35.5. The molecule has 0 aliphatic carbocycles. The Morgan fingerprint density at radius 1 is 1.15 bits per heavy atom. The first-order valence-electron chi connectivity index (χ1n) is 10.4. The molecule has 3 aromatic rings. The maximum atomic E-state index is 12.8. The van der Waals surface area contributed by atoms with Gasteiger partial charge in [-0.25, -0.2) is 4.79 Å². The van der Waals surface area contributed by atoms with Crippen LogP contribution in [-0.4, -0.2) is 23.1 Å². The van der Waals surface area contributed by atoms with Crippen molar-refractivity contribution in [2.75, 3.05) is 11.9 Å². The maximum Gasteiger partial charge on any atom is 0.338 e. The Labute approximate surface area is 198 Å². The first-order valence-corrected chi connectivity index (χ1v) is 10.8. The number of nitrogens with one attached hydrogen (secondary N) is 1. The number of anilines is 1. The number of carbonyl (C=O) groups excluding carboxylic acids is 2. The van der Waals surface area contributed by atoms with Crippen LogP contribution in [0.4, 0.5) is 5.69 Å². The van der Waals surface area contributed by atoms with E-state index >= 15 is 0 Å². The fourth-order valence-electron chi connectivity index (χ4n) is 3.55. The molecule has 1 heterocycles. The number of amides is 1. The summed E-state index contributed by atoms with van der Waals surface area (Å²) < 4.78 is 7.06. The van der Waals surface area contributed by atoms with Crippen molar-refractivity contribution in [3.8, 4) is 11.8 Å². The zero-order valence-electron chi connectivity index (χ0n) is 18.9. The molecule has 0 saturated carbocycles. The molecule has 0 radical (unpaired) electrons. The van der Waals surface area contributed by atoms with Crippen LogP contribution in [0.2, 0.25) is 5.02 Å². The van der Waals surface area contributed by atoms with E-state index in [1.54, 1.807) is 56.3 Å². The van der Waals surface area contributed by atoms with E-state index in [4.69, 9.17) is 16.3 Å². The summed E-state index contributed by atoms with van der Waals surface area (Å²) in [5, 5.41) is 12.9. The van der Waals surface area contributed by atoms with E-state index in [2.05, 4.69) is 5.32 Å². The van der Waals surface area contributed by atoms with Crippen LogP contribution in [-0.2, 0) is 9.53 Å². The molecule has 168 valence electrons. The van der Waals surface area contributed by atoms with Crippen molar-refractivity contribution >= 4 is 35.2 Å². The van der Waals surface area contributed by atoms with E-state index in [1.165, 1.54) is 0 Å². The molecule has 0 bridgehead atoms. The number of halogens is 1. The Morgan fingerprint density at radius 2 is 1.88 bits per heavy atom. The van der Waals surface area contributed by atoms with Crippen LogP contribution in [0.3, 0.4) is 0 Å². The largest absolute Gasteiger partial charge is 0.462 e. The van der Waals surface area contributed by atoms with Crippen molar-refractivity contribution < 1.29 is 14.3 Å². The van der Waals surface area contributed by atoms with Gasteiger partial charge in [-0.05, 0) is 81.3 Å². The summed E-state index contributed by atoms with van der Waals surface area (Å²) in [6.45, 7) is 7.67. The molecule has 0 spiro atoms. The summed E-state index contributed by atoms with van der Waals surface area (Å²) >= 11 is 6.13. The van der Waals surface area contributed by atoms with Gasteiger partial charge in [0.05, 0.1) is 12.2 Å². The van der Waals surface area contributed by atoms with E-state index < -0.39 is 5.91 Å². The number of aryl methyl sites for hydroxylation is 1. The second kappa shape index (κ2) is 10.2. The van der Waals surface area contributed by atoms with Crippen LogP contribution in [0.5, 0.6) is 0 Å². The van der Waals surface area contributed by atoms with Gasteiger partial charge in [0.15, 0.2) is 0 Å². The van der Waals surface area contributed by atoms with Gasteiger partial charge in [-0.1, -0.05) is 23.7 Å². The van der Waals surface area contributed by atoms with Crippen LogP contribution in [0.15, 0.2) is 54.1 Å². The second-order valence-corrected chi connectivity index (χ2v) is 7.88. The normalized spacial score (nSPS) is 11.1. The smallest absolute Gasteiger partial charge is 0.338 e. The molecule has 1 aromatic heterocycles. The number of hydrogen-bond donors (Lipinski definition) is 1. The highest BCUT2D eigenvalue weighted by molar-refractivity contribution is 6.31. The van der Waals surface area contributed by atoms with Crippen LogP contribution in [0.25, 0.3) is 11.8 Å². The Hall–Kier alpha value is -3.82. The van der Waals surface area contributed by atoms with Crippen LogP contribution < -0.4 is 5.32 Å². The third-order valence-corrected chi connectivity index (χ3v) is 5.68. The molecule has 33 heavy (non-hydrogen) atoms. The first kappa shape index (κ1) is 23.8. The fourth-order valence-corrected chi connectivity index (χ4v) is 3.73. The highest BCUT2D eigenvalue weighted by Crippen LogP contribution is 2.26. The summed E-state index contributed by atoms with van der Waals surface area (Å²) in [4.78, 5) is 24.9. The molecule has 0 fully saturated rings. The van der Waals surface area contributed by atoms with Gasteiger partial charge in [0, 0.05) is 27.8 Å². The van der Waals surface area contributed by atoms with Gasteiger partial charge in [0.1, 0.15) is 11.6 Å². The number of carbonyl (C=O) groups is 2. The molecule has 1 amide bonds. The fraction of sp³-hybridized carbons (Fsp3) is 0.192. The van der Waals surface area contributed by atoms with Gasteiger partial charge in [0.2, 0.25) is 0 Å². The van der Waals surface area contributed by atoms with E-state index in [1.807, 2.05) is 36.6 Å². The van der Waals surface area contributed by atoms with E-state index in [0.29, 0.717) is 22.9 Å². The lowest BCUT2D eigenvalue weighted by Gasteiger charge is -2.11. The third-order valence-electron chi connectivity index (χ3n) is 5.27. The average molecular weight is 462 g/mol. The summed E-state index contributed by atoms with van der Waals surface area (Å²) in [6.07, 6.45) is 1.56. The van der Waals surface area contributed by atoms with Gasteiger partial charge >= 0.3 is 5.97 Å². The monoisotopic (exact) mass is 461 g/mol. The molecular weight excluding hydrogens is 438 g/mol. The summed E-state index contributed by atoms with van der Waals surface area (Å²) in [7, 11) is 0. The molecule has 0 unspecified atom stereocenters. The summed E-state index contributed by atoms with van der Waals surface area (Å²) in [6, 6.07) is 16.2. The van der Waals surface area contributed by atoms with Crippen molar-refractivity contribution in [1.82, 2.24) is 4.57 Å². The van der Waals surface area contributed by atoms with Crippen LogP contribution in [0.1, 0.15) is 39.8 Å². The lowest BCUT2D eigenvalue weighted by atomic mass is 10.1. The molecule has 0 aliphatic heterocycles. The molecule has 2 aromatic carbocycles. The number of esters is 1. The minimum absolute atomic E-state index is 0.0325. The van der Waals surface area contributed by atoms with Crippen LogP contribution >= 0.6 is 11.6 Å². The number of benzene rings is 2. The van der Waals surface area contributed by atoms with Crippen molar-refractivity contribution in [2.24, 2.45) is 0 Å². The maximum absolute atomic E-state index is 12.8. The average Bonchev–Trinajstić information content (AvgIpc) is 3.08. The standard InChI is InChI=1S/C26H24ClN3O3/c1-5-33-26(32)19-8-6-9-22(14-19)30-16(2)12-20(18(30)4)13-21(15-28)25(31)29-24-11-7-10-23(27)17(24)3/h6-14H,5H2,1-4H3,(H,29,31)/b21-13-. The molecule has 0 atom stereocenters. The van der Waals surface area contributed by atoms with Gasteiger partial charge in [-0.3, -0.25) is 4.79 Å². The summed E-state index contributed by atoms with van der Waals surface area (Å²) in [5.74, 6) is -0.904. The minimum Gasteiger partial charge on any atom is -0.462 e. The molecule has 6 nitrogen and oxygen atoms in total. The molecule has 1 N–H and O–H groups in total. The molecule has 3 rings (SSSR count). The lowest BCUT2D eigenvalue weighted by Crippen LogP contribution is -2.14. The highest BCUT2D eigenvalue weighted by Gasteiger charge is 2.16. The van der Waals surface area contributed by atoms with Crippen LogP contribution in [0, 0.1) is 32.1 Å².